The van der Waals surface area contributed by atoms with Crippen molar-refractivity contribution in [3.63, 3.8) is 0 Å². The molecule has 4 fully saturated rings. The van der Waals surface area contributed by atoms with Crippen LogP contribution in [-0.2, 0) is 0 Å². The van der Waals surface area contributed by atoms with Gasteiger partial charge in [0.15, 0.2) is 0 Å². The largest absolute Gasteiger partial charge is 0.396 e. The lowest BCUT2D eigenvalue weighted by atomic mass is 9.39. The van der Waals surface area contributed by atoms with E-state index in [9.17, 15) is 20.4 Å². The van der Waals surface area contributed by atoms with Gasteiger partial charge in [0.05, 0.1) is 24.9 Å². The van der Waals surface area contributed by atoms with Gasteiger partial charge < -0.3 is 20.4 Å². The molecule has 0 unspecified atom stereocenters. The smallest absolute Gasteiger partial charge is 0.0905 e. The number of aliphatic hydroxyl groups is 4. The van der Waals surface area contributed by atoms with E-state index in [0.29, 0.717) is 18.3 Å². The number of aliphatic hydroxyl groups excluding tert-OH is 3. The first-order chi connectivity index (χ1) is 11.3. The molecule has 138 valence electrons. The highest BCUT2D eigenvalue weighted by Gasteiger charge is 2.70. The molecule has 2 bridgehead atoms. The maximum Gasteiger partial charge on any atom is 0.0905 e. The van der Waals surface area contributed by atoms with Crippen LogP contribution in [0.2, 0.25) is 0 Å². The minimum Gasteiger partial charge on any atom is -0.396 e. The topological polar surface area (TPSA) is 80.9 Å². The van der Waals surface area contributed by atoms with Crippen molar-refractivity contribution in [1.82, 2.24) is 0 Å². The van der Waals surface area contributed by atoms with Crippen LogP contribution in [0.4, 0.5) is 0 Å². The van der Waals surface area contributed by atoms with Crippen molar-refractivity contribution in [2.24, 2.45) is 34.0 Å². The van der Waals surface area contributed by atoms with E-state index in [4.69, 9.17) is 0 Å². The number of fused-ring (bicyclic) bond motifs is 2. The number of hydrogen-bond acceptors (Lipinski definition) is 4. The first-order valence-corrected chi connectivity index (χ1v) is 9.88. The van der Waals surface area contributed by atoms with Crippen LogP contribution in [0.25, 0.3) is 0 Å². The van der Waals surface area contributed by atoms with E-state index in [-0.39, 0.29) is 30.0 Å². The summed E-state index contributed by atoms with van der Waals surface area (Å²) in [5.74, 6) is 1.18. The van der Waals surface area contributed by atoms with Gasteiger partial charge in [-0.25, -0.2) is 0 Å². The molecule has 0 amide bonds. The molecule has 4 nitrogen and oxygen atoms in total. The molecule has 4 aliphatic rings. The average molecular weight is 338 g/mol. The molecule has 0 saturated heterocycles. The number of rotatable bonds is 2. The highest BCUT2D eigenvalue weighted by Crippen LogP contribution is 2.75. The third kappa shape index (κ3) is 1.84. The Hall–Kier alpha value is -0.160. The summed E-state index contributed by atoms with van der Waals surface area (Å²) in [6, 6.07) is 0. The van der Waals surface area contributed by atoms with Crippen LogP contribution in [0.15, 0.2) is 0 Å². The van der Waals surface area contributed by atoms with Crippen molar-refractivity contribution in [3.05, 3.63) is 0 Å². The lowest BCUT2D eigenvalue weighted by Crippen LogP contribution is -2.63. The molecule has 0 radical (unpaired) electrons. The second-order valence-corrected chi connectivity index (χ2v) is 10.0. The quantitative estimate of drug-likeness (QED) is 0.621. The van der Waals surface area contributed by atoms with E-state index in [2.05, 4.69) is 13.8 Å². The van der Waals surface area contributed by atoms with Crippen LogP contribution in [0, 0.1) is 34.0 Å². The molecule has 4 heteroatoms. The fourth-order valence-electron chi connectivity index (χ4n) is 7.93. The predicted octanol–water partition coefficient (Wildman–Crippen LogP) is 2.09. The maximum atomic E-state index is 10.9. The Balaban J connectivity index is 1.74. The SMILES string of the molecule is C[C@@]1(CO)[C@@H](O)CC[C@@]2(C)[C@H]1CC[C@H]1C[C@@H]3C[C@@]12CC[C@]3(O)CO. The van der Waals surface area contributed by atoms with Crippen molar-refractivity contribution >= 4 is 0 Å². The molecule has 4 aliphatic carbocycles. The summed E-state index contributed by atoms with van der Waals surface area (Å²) in [7, 11) is 0. The summed E-state index contributed by atoms with van der Waals surface area (Å²) in [4.78, 5) is 0. The molecule has 4 N–H and O–H groups in total. The van der Waals surface area contributed by atoms with Gasteiger partial charge in [0, 0.05) is 5.41 Å². The first kappa shape index (κ1) is 17.3. The Labute approximate surface area is 145 Å². The van der Waals surface area contributed by atoms with E-state index in [1.54, 1.807) is 0 Å². The molecule has 1 spiro atoms. The molecule has 4 rings (SSSR count). The summed E-state index contributed by atoms with van der Waals surface area (Å²) in [5.41, 5.74) is -0.949. The first-order valence-electron chi connectivity index (χ1n) is 9.88. The average Bonchev–Trinajstić information content (AvgIpc) is 2.93. The van der Waals surface area contributed by atoms with Gasteiger partial charge in [-0.2, -0.15) is 0 Å². The van der Waals surface area contributed by atoms with Gasteiger partial charge >= 0.3 is 0 Å². The number of hydrogen-bond donors (Lipinski definition) is 4. The zero-order valence-electron chi connectivity index (χ0n) is 15.2. The summed E-state index contributed by atoms with van der Waals surface area (Å²) in [5, 5.41) is 41.3. The van der Waals surface area contributed by atoms with Crippen molar-refractivity contribution in [2.45, 2.75) is 76.9 Å². The van der Waals surface area contributed by atoms with E-state index in [1.165, 1.54) is 0 Å². The van der Waals surface area contributed by atoms with Crippen LogP contribution in [0.3, 0.4) is 0 Å². The molecule has 8 atom stereocenters. The summed E-state index contributed by atoms with van der Waals surface area (Å²) in [6.07, 6.45) is 7.33. The third-order valence-electron chi connectivity index (χ3n) is 9.54. The fraction of sp³-hybridized carbons (Fsp3) is 1.00. The Morgan fingerprint density at radius 2 is 1.67 bits per heavy atom. The fourth-order valence-corrected chi connectivity index (χ4v) is 7.93. The van der Waals surface area contributed by atoms with Gasteiger partial charge in [-0.3, -0.25) is 0 Å². The predicted molar refractivity (Wildman–Crippen MR) is 91.2 cm³/mol. The standard InChI is InChI=1S/C20H34O4/c1-17(11-21)15-4-3-13-9-14-10-19(13,7-8-20(14,24)12-22)18(15,2)6-5-16(17)23/h13-16,21-24H,3-12H2,1-2H3/t13-,14+,15-,16-,17-,18-,19-,20-/m0/s1. The third-order valence-corrected chi connectivity index (χ3v) is 9.54. The molecule has 0 aromatic rings. The Morgan fingerprint density at radius 1 is 0.917 bits per heavy atom. The van der Waals surface area contributed by atoms with Gasteiger partial charge in [0.25, 0.3) is 0 Å². The second kappa shape index (κ2) is 5.18. The summed E-state index contributed by atoms with van der Waals surface area (Å²) in [6.45, 7) is 4.43. The van der Waals surface area contributed by atoms with Gasteiger partial charge in [-0.1, -0.05) is 13.8 Å². The summed E-state index contributed by atoms with van der Waals surface area (Å²) >= 11 is 0. The minimum absolute atomic E-state index is 0.0547. The van der Waals surface area contributed by atoms with Crippen molar-refractivity contribution in [2.75, 3.05) is 13.2 Å². The highest BCUT2D eigenvalue weighted by atomic mass is 16.3. The molecular formula is C20H34O4. The van der Waals surface area contributed by atoms with Gasteiger partial charge in [0.2, 0.25) is 0 Å². The highest BCUT2D eigenvalue weighted by molar-refractivity contribution is 5.19. The van der Waals surface area contributed by atoms with E-state index < -0.39 is 17.1 Å². The lowest BCUT2D eigenvalue weighted by Gasteiger charge is -2.66. The van der Waals surface area contributed by atoms with Crippen LogP contribution in [0.5, 0.6) is 0 Å². The molecular weight excluding hydrogens is 304 g/mol. The van der Waals surface area contributed by atoms with Crippen LogP contribution in [-0.4, -0.2) is 45.3 Å². The van der Waals surface area contributed by atoms with Crippen molar-refractivity contribution in [3.8, 4) is 0 Å². The molecule has 24 heavy (non-hydrogen) atoms. The van der Waals surface area contributed by atoms with Crippen molar-refractivity contribution < 1.29 is 20.4 Å². The minimum atomic E-state index is -0.886. The van der Waals surface area contributed by atoms with Gasteiger partial charge in [0.1, 0.15) is 0 Å². The summed E-state index contributed by atoms with van der Waals surface area (Å²) < 4.78 is 0. The van der Waals surface area contributed by atoms with Crippen LogP contribution < -0.4 is 0 Å². The van der Waals surface area contributed by atoms with Crippen molar-refractivity contribution in [1.29, 1.82) is 0 Å². The van der Waals surface area contributed by atoms with Gasteiger partial charge in [-0.15, -0.1) is 0 Å². The molecule has 0 aromatic heterocycles. The second-order valence-electron chi connectivity index (χ2n) is 10.0. The normalized spacial score (nSPS) is 59.8. The van der Waals surface area contributed by atoms with E-state index >= 15 is 0 Å². The Bertz CT molecular complexity index is 524. The lowest BCUT2D eigenvalue weighted by molar-refractivity contribution is -0.216. The molecule has 4 saturated carbocycles. The zero-order chi connectivity index (χ0) is 17.4. The maximum absolute atomic E-state index is 10.9. The Morgan fingerprint density at radius 3 is 2.33 bits per heavy atom. The molecule has 0 aliphatic heterocycles. The van der Waals surface area contributed by atoms with Crippen LogP contribution >= 0.6 is 0 Å². The van der Waals surface area contributed by atoms with E-state index in [0.717, 1.165) is 44.9 Å². The molecule has 0 aromatic carbocycles. The zero-order valence-corrected chi connectivity index (χ0v) is 15.2. The monoisotopic (exact) mass is 338 g/mol. The van der Waals surface area contributed by atoms with E-state index in [1.807, 2.05) is 0 Å². The molecule has 0 heterocycles. The van der Waals surface area contributed by atoms with Crippen LogP contribution in [0.1, 0.15) is 65.2 Å². The van der Waals surface area contributed by atoms with Gasteiger partial charge in [-0.05, 0) is 80.0 Å². The Kier molecular flexibility index (Phi) is 3.73.